The SMILES string of the molecule is CN[C@@H](Cc1c[nH]c2c1C=C(O)CC2)C(=O)O. The molecule has 0 amide bonds. The maximum atomic E-state index is 11.0. The minimum absolute atomic E-state index is 0.356. The summed E-state index contributed by atoms with van der Waals surface area (Å²) in [6.45, 7) is 0. The molecule has 0 radical (unpaired) electrons. The van der Waals surface area contributed by atoms with Gasteiger partial charge in [-0.2, -0.15) is 0 Å². The first-order valence-electron chi connectivity index (χ1n) is 5.60. The van der Waals surface area contributed by atoms with E-state index in [0.717, 1.165) is 23.2 Å². The van der Waals surface area contributed by atoms with E-state index in [9.17, 15) is 9.90 Å². The molecule has 1 heterocycles. The Kier molecular flexibility index (Phi) is 3.19. The molecule has 0 bridgehead atoms. The Labute approximate surface area is 99.2 Å². The van der Waals surface area contributed by atoms with E-state index in [2.05, 4.69) is 10.3 Å². The third-order valence-corrected chi connectivity index (χ3v) is 3.10. The molecule has 0 unspecified atom stereocenters. The topological polar surface area (TPSA) is 85.4 Å². The van der Waals surface area contributed by atoms with E-state index in [1.165, 1.54) is 0 Å². The number of aromatic nitrogens is 1. The van der Waals surface area contributed by atoms with Crippen molar-refractivity contribution in [1.29, 1.82) is 0 Å². The fourth-order valence-corrected chi connectivity index (χ4v) is 2.10. The third-order valence-electron chi connectivity index (χ3n) is 3.10. The summed E-state index contributed by atoms with van der Waals surface area (Å²) in [5, 5.41) is 21.3. The molecule has 1 aromatic rings. The number of carbonyl (C=O) groups is 1. The van der Waals surface area contributed by atoms with Crippen LogP contribution >= 0.6 is 0 Å². The molecule has 0 aliphatic heterocycles. The van der Waals surface area contributed by atoms with Gasteiger partial charge in [-0.3, -0.25) is 4.79 Å². The zero-order chi connectivity index (χ0) is 12.4. The number of aromatic amines is 1. The molecule has 1 atom stereocenters. The van der Waals surface area contributed by atoms with Gasteiger partial charge in [-0.25, -0.2) is 0 Å². The van der Waals surface area contributed by atoms with Crippen LogP contribution in [0.1, 0.15) is 23.2 Å². The van der Waals surface area contributed by atoms with Crippen LogP contribution in [0.3, 0.4) is 0 Å². The van der Waals surface area contributed by atoms with E-state index < -0.39 is 12.0 Å². The van der Waals surface area contributed by atoms with Crippen LogP contribution in [0.15, 0.2) is 12.0 Å². The number of fused-ring (bicyclic) bond motifs is 1. The van der Waals surface area contributed by atoms with Crippen molar-refractivity contribution in [3.63, 3.8) is 0 Å². The largest absolute Gasteiger partial charge is 0.512 e. The summed E-state index contributed by atoms with van der Waals surface area (Å²) in [7, 11) is 1.63. The molecule has 92 valence electrons. The molecule has 0 fully saturated rings. The fraction of sp³-hybridized carbons (Fsp3) is 0.417. The quantitative estimate of drug-likeness (QED) is 0.630. The second-order valence-electron chi connectivity index (χ2n) is 4.23. The number of aliphatic hydroxyl groups is 1. The van der Waals surface area contributed by atoms with Gasteiger partial charge in [0.15, 0.2) is 0 Å². The summed E-state index contributed by atoms with van der Waals surface area (Å²) in [4.78, 5) is 14.1. The predicted octanol–water partition coefficient (Wildman–Crippen LogP) is 1.07. The van der Waals surface area contributed by atoms with Gasteiger partial charge in [0.1, 0.15) is 6.04 Å². The summed E-state index contributed by atoms with van der Waals surface area (Å²) in [6.07, 6.45) is 5.37. The second-order valence-corrected chi connectivity index (χ2v) is 4.23. The molecule has 2 rings (SSSR count). The molecule has 0 spiro atoms. The van der Waals surface area contributed by atoms with Gasteiger partial charge in [-0.05, 0) is 25.1 Å². The van der Waals surface area contributed by atoms with Crippen LogP contribution in [0.4, 0.5) is 0 Å². The molecule has 0 saturated carbocycles. The van der Waals surface area contributed by atoms with Crippen molar-refractivity contribution in [2.75, 3.05) is 7.05 Å². The van der Waals surface area contributed by atoms with Gasteiger partial charge in [0.05, 0.1) is 5.76 Å². The van der Waals surface area contributed by atoms with Gasteiger partial charge in [0.2, 0.25) is 0 Å². The number of allylic oxidation sites excluding steroid dienone is 1. The highest BCUT2D eigenvalue weighted by Gasteiger charge is 2.21. The van der Waals surface area contributed by atoms with Crippen LogP contribution in [0.2, 0.25) is 0 Å². The first-order valence-corrected chi connectivity index (χ1v) is 5.60. The number of hydrogen-bond donors (Lipinski definition) is 4. The lowest BCUT2D eigenvalue weighted by molar-refractivity contribution is -0.139. The summed E-state index contributed by atoms with van der Waals surface area (Å²) in [5.41, 5.74) is 2.93. The Bertz CT molecular complexity index is 462. The minimum Gasteiger partial charge on any atom is -0.512 e. The van der Waals surface area contributed by atoms with E-state index >= 15 is 0 Å². The average Bonchev–Trinajstić information content (AvgIpc) is 2.68. The molecule has 5 heteroatoms. The first-order chi connectivity index (χ1) is 8.11. The number of H-pyrrole nitrogens is 1. The minimum atomic E-state index is -0.869. The molecule has 0 saturated heterocycles. The Morgan fingerprint density at radius 2 is 2.35 bits per heavy atom. The Balaban J connectivity index is 2.24. The number of aliphatic hydroxyl groups excluding tert-OH is 1. The number of likely N-dealkylation sites (N-methyl/N-ethyl adjacent to an activating group) is 1. The number of aryl methyl sites for hydroxylation is 1. The second kappa shape index (κ2) is 4.63. The van der Waals surface area contributed by atoms with Crippen LogP contribution in [0, 0.1) is 0 Å². The van der Waals surface area contributed by atoms with Crippen molar-refractivity contribution < 1.29 is 15.0 Å². The molecule has 4 N–H and O–H groups in total. The molecule has 0 aromatic carbocycles. The predicted molar refractivity (Wildman–Crippen MR) is 63.9 cm³/mol. The van der Waals surface area contributed by atoms with E-state index in [1.54, 1.807) is 13.1 Å². The van der Waals surface area contributed by atoms with E-state index in [-0.39, 0.29) is 0 Å². The van der Waals surface area contributed by atoms with Gasteiger partial charge in [-0.1, -0.05) is 0 Å². The summed E-state index contributed by atoms with van der Waals surface area (Å²) in [5.74, 6) is -0.513. The molecule has 17 heavy (non-hydrogen) atoms. The van der Waals surface area contributed by atoms with Crippen LogP contribution in [-0.2, 0) is 17.6 Å². The summed E-state index contributed by atoms with van der Waals surface area (Å²) >= 11 is 0. The Morgan fingerprint density at radius 1 is 1.59 bits per heavy atom. The number of carboxylic acids is 1. The van der Waals surface area contributed by atoms with Crippen molar-refractivity contribution in [2.45, 2.75) is 25.3 Å². The van der Waals surface area contributed by atoms with Gasteiger partial charge < -0.3 is 20.5 Å². The van der Waals surface area contributed by atoms with Crippen LogP contribution in [-0.4, -0.2) is 34.3 Å². The highest BCUT2D eigenvalue weighted by molar-refractivity contribution is 5.74. The number of hydrogen-bond acceptors (Lipinski definition) is 3. The number of aliphatic carboxylic acids is 1. The van der Waals surface area contributed by atoms with E-state index in [0.29, 0.717) is 18.6 Å². The molecular formula is C12H16N2O3. The summed E-state index contributed by atoms with van der Waals surface area (Å²) < 4.78 is 0. The van der Waals surface area contributed by atoms with Crippen molar-refractivity contribution in [3.8, 4) is 0 Å². The Morgan fingerprint density at radius 3 is 3.00 bits per heavy atom. The number of carboxylic acid groups (broad SMARTS) is 1. The zero-order valence-corrected chi connectivity index (χ0v) is 9.66. The van der Waals surface area contributed by atoms with E-state index in [1.807, 2.05) is 6.20 Å². The van der Waals surface area contributed by atoms with Crippen LogP contribution < -0.4 is 5.32 Å². The molecule has 5 nitrogen and oxygen atoms in total. The van der Waals surface area contributed by atoms with Crippen molar-refractivity contribution >= 4 is 12.0 Å². The molecular weight excluding hydrogens is 220 g/mol. The van der Waals surface area contributed by atoms with Gasteiger partial charge in [0.25, 0.3) is 0 Å². The van der Waals surface area contributed by atoms with Gasteiger partial charge in [0, 0.05) is 30.3 Å². The maximum absolute atomic E-state index is 11.0. The van der Waals surface area contributed by atoms with E-state index in [4.69, 9.17) is 5.11 Å². The standard InChI is InChI=1S/C12H16N2O3/c1-13-11(12(16)17)4-7-6-14-10-3-2-8(15)5-9(7)10/h5-6,11,13-15H,2-4H2,1H3,(H,16,17)/t11-/m0/s1. The fourth-order valence-electron chi connectivity index (χ4n) is 2.10. The highest BCUT2D eigenvalue weighted by Crippen LogP contribution is 2.25. The number of nitrogens with one attached hydrogen (secondary N) is 2. The lowest BCUT2D eigenvalue weighted by Crippen LogP contribution is -2.35. The Hall–Kier alpha value is -1.75. The first kappa shape index (κ1) is 11.7. The average molecular weight is 236 g/mol. The van der Waals surface area contributed by atoms with Crippen molar-refractivity contribution in [3.05, 3.63) is 28.8 Å². The monoisotopic (exact) mass is 236 g/mol. The van der Waals surface area contributed by atoms with Crippen molar-refractivity contribution in [2.24, 2.45) is 0 Å². The normalized spacial score (nSPS) is 16.2. The third kappa shape index (κ3) is 2.34. The lowest BCUT2D eigenvalue weighted by atomic mass is 9.97. The maximum Gasteiger partial charge on any atom is 0.321 e. The van der Waals surface area contributed by atoms with Gasteiger partial charge >= 0.3 is 5.97 Å². The molecule has 1 aliphatic rings. The molecule has 1 aliphatic carbocycles. The van der Waals surface area contributed by atoms with Crippen LogP contribution in [0.5, 0.6) is 0 Å². The highest BCUT2D eigenvalue weighted by atomic mass is 16.4. The lowest BCUT2D eigenvalue weighted by Gasteiger charge is -2.13. The smallest absolute Gasteiger partial charge is 0.321 e. The number of rotatable bonds is 4. The zero-order valence-electron chi connectivity index (χ0n) is 9.66. The van der Waals surface area contributed by atoms with Crippen molar-refractivity contribution in [1.82, 2.24) is 10.3 Å². The van der Waals surface area contributed by atoms with Gasteiger partial charge in [-0.15, -0.1) is 0 Å². The summed E-state index contributed by atoms with van der Waals surface area (Å²) in [6, 6.07) is -0.604. The van der Waals surface area contributed by atoms with Crippen LogP contribution in [0.25, 0.3) is 6.08 Å². The molecule has 1 aromatic heterocycles.